The lowest BCUT2D eigenvalue weighted by atomic mass is 10.1. The van der Waals surface area contributed by atoms with Crippen LogP contribution >= 0.6 is 47.2 Å². The first-order valence-electron chi connectivity index (χ1n) is 8.03. The molecule has 2 atom stereocenters. The maximum atomic E-state index is 12.1. The second-order valence-electron chi connectivity index (χ2n) is 6.45. The lowest BCUT2D eigenvalue weighted by molar-refractivity contribution is 0.648. The molecule has 0 spiro atoms. The molecule has 0 saturated heterocycles. The maximum absolute atomic E-state index is 12.1. The summed E-state index contributed by atoms with van der Waals surface area (Å²) >= 11 is 12.2. The zero-order chi connectivity index (χ0) is 18.3. The molecule has 1 aromatic carbocycles. The van der Waals surface area contributed by atoms with Gasteiger partial charge in [-0.1, -0.05) is 29.3 Å². The van der Waals surface area contributed by atoms with Crippen LogP contribution in [0.25, 0.3) is 0 Å². The molecule has 1 aromatic rings. The molecule has 25 heavy (non-hydrogen) atoms. The molecule has 2 unspecified atom stereocenters. The molecule has 8 heteroatoms. The van der Waals surface area contributed by atoms with E-state index >= 15 is 0 Å². The van der Waals surface area contributed by atoms with Crippen molar-refractivity contribution in [3.63, 3.8) is 0 Å². The van der Waals surface area contributed by atoms with Crippen LogP contribution in [-0.4, -0.2) is 33.8 Å². The second kappa shape index (κ2) is 11.6. The summed E-state index contributed by atoms with van der Waals surface area (Å²) in [4.78, 5) is 4.51. The van der Waals surface area contributed by atoms with Crippen molar-refractivity contribution in [2.24, 2.45) is 4.99 Å². The van der Waals surface area contributed by atoms with Crippen molar-refractivity contribution in [2.45, 2.75) is 45.4 Å². The first-order valence-corrected chi connectivity index (χ1v) is 10.1. The molecule has 0 radical (unpaired) electrons. The fourth-order valence-corrected chi connectivity index (χ4v) is 3.44. The Balaban J connectivity index is 0.00000576. The summed E-state index contributed by atoms with van der Waals surface area (Å²) < 4.78 is 11.9. The quantitative estimate of drug-likeness (QED) is 0.323. The Labute approximate surface area is 181 Å². The first-order chi connectivity index (χ1) is 11.1. The van der Waals surface area contributed by atoms with Gasteiger partial charge in [0.05, 0.1) is 12.6 Å². The maximum Gasteiger partial charge on any atom is 0.191 e. The summed E-state index contributed by atoms with van der Waals surface area (Å²) in [5, 5.41) is 7.75. The van der Waals surface area contributed by atoms with E-state index in [4.69, 9.17) is 23.2 Å². The molecule has 0 bridgehead atoms. The molecular formula is C17H28Cl2IN3OS. The average Bonchev–Trinajstić information content (AvgIpc) is 2.45. The Morgan fingerprint density at radius 2 is 1.96 bits per heavy atom. The zero-order valence-electron chi connectivity index (χ0n) is 15.4. The molecule has 0 saturated carbocycles. The van der Waals surface area contributed by atoms with Crippen LogP contribution in [0.1, 0.15) is 46.2 Å². The van der Waals surface area contributed by atoms with Crippen LogP contribution in [0.5, 0.6) is 0 Å². The molecular weight excluding hydrogens is 492 g/mol. The fourth-order valence-electron chi connectivity index (χ4n) is 2.00. The Morgan fingerprint density at radius 1 is 1.32 bits per heavy atom. The SMILES string of the molecule is CCNC(=NCCS(=O)C(C)(C)C)NC(C)c1ccc(Cl)cc1Cl.I. The molecule has 2 N–H and O–H groups in total. The predicted octanol–water partition coefficient (Wildman–Crippen LogP) is 4.77. The monoisotopic (exact) mass is 519 g/mol. The summed E-state index contributed by atoms with van der Waals surface area (Å²) in [6.07, 6.45) is 0. The fraction of sp³-hybridized carbons (Fsp3) is 0.588. The lowest BCUT2D eigenvalue weighted by Crippen LogP contribution is -2.39. The number of nitrogens with one attached hydrogen (secondary N) is 2. The van der Waals surface area contributed by atoms with Gasteiger partial charge in [0, 0.05) is 37.9 Å². The highest BCUT2D eigenvalue weighted by molar-refractivity contribution is 14.0. The van der Waals surface area contributed by atoms with Crippen LogP contribution in [0.15, 0.2) is 23.2 Å². The van der Waals surface area contributed by atoms with Crippen molar-refractivity contribution >= 4 is 63.9 Å². The van der Waals surface area contributed by atoms with E-state index in [1.807, 2.05) is 46.8 Å². The van der Waals surface area contributed by atoms with Crippen molar-refractivity contribution in [2.75, 3.05) is 18.8 Å². The van der Waals surface area contributed by atoms with Gasteiger partial charge in [-0.15, -0.1) is 24.0 Å². The zero-order valence-corrected chi connectivity index (χ0v) is 20.0. The van der Waals surface area contributed by atoms with E-state index in [1.165, 1.54) is 0 Å². The van der Waals surface area contributed by atoms with Gasteiger partial charge >= 0.3 is 0 Å². The minimum atomic E-state index is -0.911. The highest BCUT2D eigenvalue weighted by Crippen LogP contribution is 2.25. The van der Waals surface area contributed by atoms with E-state index in [2.05, 4.69) is 15.6 Å². The second-order valence-corrected chi connectivity index (χ2v) is 9.62. The van der Waals surface area contributed by atoms with Crippen molar-refractivity contribution in [3.8, 4) is 0 Å². The molecule has 0 amide bonds. The van der Waals surface area contributed by atoms with Gasteiger partial charge in [-0.05, 0) is 52.3 Å². The van der Waals surface area contributed by atoms with Crippen molar-refractivity contribution < 1.29 is 4.21 Å². The van der Waals surface area contributed by atoms with Crippen LogP contribution < -0.4 is 10.6 Å². The topological polar surface area (TPSA) is 53.5 Å². The summed E-state index contributed by atoms with van der Waals surface area (Å²) in [6.45, 7) is 11.2. The molecule has 0 heterocycles. The number of hydrogen-bond donors (Lipinski definition) is 2. The summed E-state index contributed by atoms with van der Waals surface area (Å²) in [5.41, 5.74) is 0.949. The number of nitrogens with zero attached hydrogens (tertiary/aromatic N) is 1. The van der Waals surface area contributed by atoms with Gasteiger partial charge in [0.1, 0.15) is 0 Å². The molecule has 0 fully saturated rings. The summed E-state index contributed by atoms with van der Waals surface area (Å²) in [7, 11) is -0.911. The van der Waals surface area contributed by atoms with Gasteiger partial charge in [0.15, 0.2) is 5.96 Å². The van der Waals surface area contributed by atoms with E-state index in [-0.39, 0.29) is 34.8 Å². The molecule has 0 aliphatic rings. The van der Waals surface area contributed by atoms with Gasteiger partial charge in [-0.3, -0.25) is 9.20 Å². The highest BCUT2D eigenvalue weighted by Gasteiger charge is 2.18. The van der Waals surface area contributed by atoms with Crippen LogP contribution in [0, 0.1) is 0 Å². The molecule has 0 aliphatic carbocycles. The number of guanidine groups is 1. The third kappa shape index (κ3) is 8.93. The lowest BCUT2D eigenvalue weighted by Gasteiger charge is -2.20. The number of aliphatic imine (C=N–C) groups is 1. The van der Waals surface area contributed by atoms with Gasteiger partial charge in [0.25, 0.3) is 0 Å². The van der Waals surface area contributed by atoms with Crippen molar-refractivity contribution in [1.29, 1.82) is 0 Å². The van der Waals surface area contributed by atoms with Gasteiger partial charge in [-0.2, -0.15) is 0 Å². The van der Waals surface area contributed by atoms with E-state index < -0.39 is 10.8 Å². The normalized spacial score (nSPS) is 14.4. The Kier molecular flexibility index (Phi) is 11.6. The van der Waals surface area contributed by atoms with E-state index in [0.717, 1.165) is 12.1 Å². The molecule has 1 rings (SSSR count). The van der Waals surface area contributed by atoms with E-state index in [1.54, 1.807) is 6.07 Å². The average molecular weight is 520 g/mol. The van der Waals surface area contributed by atoms with Crippen LogP contribution in [0.2, 0.25) is 10.0 Å². The summed E-state index contributed by atoms with van der Waals surface area (Å²) in [6, 6.07) is 5.42. The molecule has 144 valence electrons. The minimum Gasteiger partial charge on any atom is -0.357 e. The highest BCUT2D eigenvalue weighted by atomic mass is 127. The Bertz CT molecular complexity index is 606. The van der Waals surface area contributed by atoms with Crippen molar-refractivity contribution in [1.82, 2.24) is 10.6 Å². The Morgan fingerprint density at radius 3 is 2.48 bits per heavy atom. The van der Waals surface area contributed by atoms with E-state index in [9.17, 15) is 4.21 Å². The van der Waals surface area contributed by atoms with Crippen LogP contribution in [-0.2, 0) is 10.8 Å². The molecule has 0 aromatic heterocycles. The van der Waals surface area contributed by atoms with Crippen LogP contribution in [0.4, 0.5) is 0 Å². The van der Waals surface area contributed by atoms with Crippen LogP contribution in [0.3, 0.4) is 0 Å². The minimum absolute atomic E-state index is 0. The summed E-state index contributed by atoms with van der Waals surface area (Å²) in [5.74, 6) is 1.22. The standard InChI is InChI=1S/C17H27Cl2N3OS.HI/c1-6-20-16(21-9-10-24(23)17(3,4)5)22-12(2)14-8-7-13(18)11-15(14)19;/h7-8,11-12H,6,9-10H2,1-5H3,(H2,20,21,22);1H. The molecule has 0 aliphatic heterocycles. The number of rotatable bonds is 6. The number of halogens is 3. The van der Waals surface area contributed by atoms with E-state index in [0.29, 0.717) is 28.3 Å². The largest absolute Gasteiger partial charge is 0.357 e. The van der Waals surface area contributed by atoms with Crippen molar-refractivity contribution in [3.05, 3.63) is 33.8 Å². The predicted molar refractivity (Wildman–Crippen MR) is 122 cm³/mol. The number of hydrogen-bond acceptors (Lipinski definition) is 2. The Hall–Kier alpha value is -0.0500. The smallest absolute Gasteiger partial charge is 0.191 e. The third-order valence-corrected chi connectivity index (χ3v) is 5.84. The third-order valence-electron chi connectivity index (χ3n) is 3.36. The van der Waals surface area contributed by atoms with Gasteiger partial charge in [0.2, 0.25) is 0 Å². The van der Waals surface area contributed by atoms with Gasteiger partial charge < -0.3 is 10.6 Å². The first kappa shape index (κ1) is 24.9. The van der Waals surface area contributed by atoms with Gasteiger partial charge in [-0.25, -0.2) is 0 Å². The number of benzene rings is 1. The molecule has 4 nitrogen and oxygen atoms in total.